The number of methoxy groups -OCH3 is 1. The van der Waals surface area contributed by atoms with Crippen LogP contribution in [0.1, 0.15) is 33.2 Å². The summed E-state index contributed by atoms with van der Waals surface area (Å²) in [6, 6.07) is 10.9. The average molecular weight is 448 g/mol. The SMILES string of the molecule is CCc1ccc(C(=O)NNC(=O)c2ccc(OC)cc2)cc1S(=O)(=O)N1CCOCC1. The second-order valence-electron chi connectivity index (χ2n) is 6.83. The van der Waals surface area contributed by atoms with E-state index in [-0.39, 0.29) is 23.5 Å². The molecule has 2 N–H and O–H groups in total. The van der Waals surface area contributed by atoms with Crippen molar-refractivity contribution in [1.29, 1.82) is 0 Å². The van der Waals surface area contributed by atoms with Crippen molar-refractivity contribution in [3.63, 3.8) is 0 Å². The Hall–Kier alpha value is -2.95. The van der Waals surface area contributed by atoms with Crippen molar-refractivity contribution in [1.82, 2.24) is 15.2 Å². The zero-order chi connectivity index (χ0) is 22.4. The van der Waals surface area contributed by atoms with Crippen molar-refractivity contribution in [3.05, 3.63) is 59.2 Å². The summed E-state index contributed by atoms with van der Waals surface area (Å²) in [6.07, 6.45) is 0.495. The van der Waals surface area contributed by atoms with Crippen molar-refractivity contribution in [2.75, 3.05) is 33.4 Å². The zero-order valence-corrected chi connectivity index (χ0v) is 18.2. The standard InChI is InChI=1S/C21H25N3O6S/c1-3-15-4-5-17(14-19(15)31(27,28)24-10-12-30-13-11-24)21(26)23-22-20(25)16-6-8-18(29-2)9-7-16/h4-9,14H,3,10-13H2,1-2H3,(H,22,25)(H,23,26). The maximum Gasteiger partial charge on any atom is 0.269 e. The summed E-state index contributed by atoms with van der Waals surface area (Å²) in [5.41, 5.74) is 5.72. The van der Waals surface area contributed by atoms with Gasteiger partial charge in [0.15, 0.2) is 0 Å². The first-order chi connectivity index (χ1) is 14.9. The second-order valence-corrected chi connectivity index (χ2v) is 8.74. The number of hydrogen-bond acceptors (Lipinski definition) is 6. The van der Waals surface area contributed by atoms with Crippen molar-refractivity contribution < 1.29 is 27.5 Å². The molecule has 166 valence electrons. The van der Waals surface area contributed by atoms with E-state index in [1.165, 1.54) is 23.5 Å². The van der Waals surface area contributed by atoms with Crippen LogP contribution in [0.2, 0.25) is 0 Å². The van der Waals surface area contributed by atoms with Gasteiger partial charge in [-0.05, 0) is 48.4 Å². The number of nitrogens with zero attached hydrogens (tertiary/aromatic N) is 1. The van der Waals surface area contributed by atoms with Crippen LogP contribution in [0.3, 0.4) is 0 Å². The van der Waals surface area contributed by atoms with Crippen LogP contribution in [0.25, 0.3) is 0 Å². The third-order valence-corrected chi connectivity index (χ3v) is 6.92. The first kappa shape index (κ1) is 22.7. The summed E-state index contributed by atoms with van der Waals surface area (Å²) in [6.45, 7) is 3.04. The quantitative estimate of drug-likeness (QED) is 0.647. The van der Waals surface area contributed by atoms with Crippen LogP contribution in [0, 0.1) is 0 Å². The van der Waals surface area contributed by atoms with Crippen LogP contribution in [0.5, 0.6) is 5.75 Å². The highest BCUT2D eigenvalue weighted by Gasteiger charge is 2.29. The minimum Gasteiger partial charge on any atom is -0.497 e. The number of hydrazine groups is 1. The first-order valence-corrected chi connectivity index (χ1v) is 11.3. The summed E-state index contributed by atoms with van der Waals surface area (Å²) >= 11 is 0. The number of carbonyl (C=O) groups excluding carboxylic acids is 2. The number of rotatable bonds is 6. The molecule has 0 bridgehead atoms. The monoisotopic (exact) mass is 447 g/mol. The molecule has 1 aliphatic heterocycles. The molecule has 2 amide bonds. The Balaban J connectivity index is 1.75. The van der Waals surface area contributed by atoms with Crippen molar-refractivity contribution in [3.8, 4) is 5.75 Å². The number of carbonyl (C=O) groups is 2. The largest absolute Gasteiger partial charge is 0.497 e. The molecule has 1 fully saturated rings. The van der Waals surface area contributed by atoms with E-state index in [0.29, 0.717) is 36.5 Å². The predicted molar refractivity (Wildman–Crippen MR) is 113 cm³/mol. The number of morpholine rings is 1. The molecule has 0 aliphatic carbocycles. The van der Waals surface area contributed by atoms with Crippen molar-refractivity contribution >= 4 is 21.8 Å². The van der Waals surface area contributed by atoms with E-state index in [2.05, 4.69) is 10.9 Å². The topological polar surface area (TPSA) is 114 Å². The molecule has 0 atom stereocenters. The second kappa shape index (κ2) is 9.90. The fourth-order valence-corrected chi connectivity index (χ4v) is 4.88. The number of ether oxygens (including phenoxy) is 2. The number of sulfonamides is 1. The van der Waals surface area contributed by atoms with Crippen LogP contribution in [-0.4, -0.2) is 58.0 Å². The Morgan fingerprint density at radius 1 is 1.00 bits per heavy atom. The van der Waals surface area contributed by atoms with Gasteiger partial charge in [-0.15, -0.1) is 0 Å². The highest BCUT2D eigenvalue weighted by Crippen LogP contribution is 2.23. The first-order valence-electron chi connectivity index (χ1n) is 9.82. The van der Waals surface area contributed by atoms with Gasteiger partial charge in [-0.25, -0.2) is 8.42 Å². The highest BCUT2D eigenvalue weighted by molar-refractivity contribution is 7.89. The van der Waals surface area contributed by atoms with Crippen LogP contribution in [0.15, 0.2) is 47.4 Å². The van der Waals surface area contributed by atoms with E-state index < -0.39 is 21.8 Å². The van der Waals surface area contributed by atoms with E-state index in [0.717, 1.165) is 0 Å². The predicted octanol–water partition coefficient (Wildman–Crippen LogP) is 1.35. The van der Waals surface area contributed by atoms with Crippen molar-refractivity contribution in [2.45, 2.75) is 18.2 Å². The minimum atomic E-state index is -3.77. The number of hydrogen-bond donors (Lipinski definition) is 2. The molecule has 31 heavy (non-hydrogen) atoms. The molecule has 0 saturated carbocycles. The lowest BCUT2D eigenvalue weighted by molar-refractivity contribution is 0.0730. The molecule has 1 aliphatic rings. The van der Waals surface area contributed by atoms with Gasteiger partial charge in [0.25, 0.3) is 11.8 Å². The number of amides is 2. The third kappa shape index (κ3) is 5.22. The van der Waals surface area contributed by atoms with E-state index in [9.17, 15) is 18.0 Å². The molecule has 2 aromatic carbocycles. The number of nitrogens with one attached hydrogen (secondary N) is 2. The molecule has 2 aromatic rings. The van der Waals surface area contributed by atoms with E-state index in [1.54, 1.807) is 30.3 Å². The summed E-state index contributed by atoms with van der Waals surface area (Å²) in [5, 5.41) is 0. The van der Waals surface area contributed by atoms with Crippen LogP contribution < -0.4 is 15.6 Å². The van der Waals surface area contributed by atoms with Gasteiger partial charge < -0.3 is 9.47 Å². The lowest BCUT2D eigenvalue weighted by Crippen LogP contribution is -2.42. The molecule has 0 radical (unpaired) electrons. The Morgan fingerprint density at radius 3 is 2.16 bits per heavy atom. The Kier molecular flexibility index (Phi) is 7.26. The Labute approximate surface area is 181 Å². The van der Waals surface area contributed by atoms with Gasteiger partial charge in [0.1, 0.15) is 5.75 Å². The summed E-state index contributed by atoms with van der Waals surface area (Å²) < 4.78 is 37.8. The smallest absolute Gasteiger partial charge is 0.269 e. The fraction of sp³-hybridized carbons (Fsp3) is 0.333. The fourth-order valence-electron chi connectivity index (χ4n) is 3.15. The molecule has 9 nitrogen and oxygen atoms in total. The van der Waals surface area contributed by atoms with Gasteiger partial charge in [-0.1, -0.05) is 13.0 Å². The Bertz CT molecular complexity index is 1050. The normalized spacial score (nSPS) is 14.6. The highest BCUT2D eigenvalue weighted by atomic mass is 32.2. The van der Waals surface area contributed by atoms with E-state index in [1.807, 2.05) is 6.92 Å². The van der Waals surface area contributed by atoms with Crippen LogP contribution >= 0.6 is 0 Å². The molecule has 0 spiro atoms. The van der Waals surface area contributed by atoms with Gasteiger partial charge in [-0.2, -0.15) is 4.31 Å². The lowest BCUT2D eigenvalue weighted by Gasteiger charge is -2.27. The lowest BCUT2D eigenvalue weighted by atomic mass is 10.1. The Morgan fingerprint density at radius 2 is 1.58 bits per heavy atom. The average Bonchev–Trinajstić information content (AvgIpc) is 2.82. The zero-order valence-electron chi connectivity index (χ0n) is 17.4. The van der Waals surface area contributed by atoms with Gasteiger partial charge in [-0.3, -0.25) is 20.4 Å². The van der Waals surface area contributed by atoms with Gasteiger partial charge >= 0.3 is 0 Å². The molecule has 0 unspecified atom stereocenters. The van der Waals surface area contributed by atoms with Gasteiger partial charge in [0.2, 0.25) is 10.0 Å². The number of benzene rings is 2. The minimum absolute atomic E-state index is 0.0889. The molecule has 10 heteroatoms. The molecule has 3 rings (SSSR count). The molecular weight excluding hydrogens is 422 g/mol. The number of aryl methyl sites for hydroxylation is 1. The van der Waals surface area contributed by atoms with Crippen LogP contribution in [0.4, 0.5) is 0 Å². The van der Waals surface area contributed by atoms with Gasteiger partial charge in [0, 0.05) is 24.2 Å². The van der Waals surface area contributed by atoms with E-state index >= 15 is 0 Å². The molecule has 0 aromatic heterocycles. The van der Waals surface area contributed by atoms with Gasteiger partial charge in [0.05, 0.1) is 25.2 Å². The van der Waals surface area contributed by atoms with E-state index in [4.69, 9.17) is 9.47 Å². The maximum atomic E-state index is 13.1. The third-order valence-electron chi connectivity index (χ3n) is 4.94. The summed E-state index contributed by atoms with van der Waals surface area (Å²) in [7, 11) is -2.25. The van der Waals surface area contributed by atoms with Crippen molar-refractivity contribution in [2.24, 2.45) is 0 Å². The maximum absolute atomic E-state index is 13.1. The molecule has 1 heterocycles. The summed E-state index contributed by atoms with van der Waals surface area (Å²) in [5.74, 6) is -0.532. The summed E-state index contributed by atoms with van der Waals surface area (Å²) in [4.78, 5) is 24.9. The van der Waals surface area contributed by atoms with Crippen LogP contribution in [-0.2, 0) is 21.2 Å². The molecular formula is C21H25N3O6S. The molecule has 1 saturated heterocycles.